The molecular weight excluding hydrogens is 346 g/mol. The minimum atomic E-state index is -0.528. The third kappa shape index (κ3) is 3.30. The minimum absolute atomic E-state index is 0.163. The monoisotopic (exact) mass is 373 g/mol. The van der Waals surface area contributed by atoms with Crippen molar-refractivity contribution >= 4 is 5.97 Å². The van der Waals surface area contributed by atoms with E-state index in [4.69, 9.17) is 14.2 Å². The van der Waals surface area contributed by atoms with E-state index >= 15 is 0 Å². The molecular formula is C21H27NO5. The van der Waals surface area contributed by atoms with Crippen LogP contribution in [0.2, 0.25) is 0 Å². The Morgan fingerprint density at radius 3 is 2.85 bits per heavy atom. The molecule has 0 aromatic heterocycles. The fourth-order valence-corrected chi connectivity index (χ4v) is 4.39. The van der Waals surface area contributed by atoms with Gasteiger partial charge in [-0.3, -0.25) is 9.69 Å². The Balaban J connectivity index is 2.21. The van der Waals surface area contributed by atoms with E-state index in [0.717, 1.165) is 36.1 Å². The normalized spacial score (nSPS) is 26.1. The zero-order chi connectivity index (χ0) is 19.6. The number of carbonyl (C=O) groups is 1. The van der Waals surface area contributed by atoms with Crippen LogP contribution in [-0.4, -0.2) is 56.4 Å². The number of hydrogen-bond donors (Lipinski definition) is 1. The number of ether oxygens (including phenoxy) is 3. The lowest BCUT2D eigenvalue weighted by molar-refractivity contribution is -0.139. The van der Waals surface area contributed by atoms with Gasteiger partial charge >= 0.3 is 5.97 Å². The highest BCUT2D eigenvalue weighted by Gasteiger charge is 2.49. The van der Waals surface area contributed by atoms with Gasteiger partial charge in [0, 0.05) is 23.9 Å². The number of nitrogens with zero attached hydrogens (tertiary/aromatic N) is 1. The number of phenols is 1. The molecule has 1 N–H and O–H groups in total. The predicted octanol–water partition coefficient (Wildman–Crippen LogP) is 2.55. The number of esters is 1. The van der Waals surface area contributed by atoms with E-state index in [0.29, 0.717) is 5.75 Å². The molecule has 0 radical (unpaired) electrons. The van der Waals surface area contributed by atoms with Gasteiger partial charge in [0.2, 0.25) is 0 Å². The van der Waals surface area contributed by atoms with Crippen molar-refractivity contribution in [3.63, 3.8) is 0 Å². The van der Waals surface area contributed by atoms with E-state index in [-0.39, 0.29) is 24.4 Å². The number of benzene rings is 1. The molecule has 0 amide bonds. The van der Waals surface area contributed by atoms with Gasteiger partial charge in [-0.15, -0.1) is 0 Å². The molecule has 1 fully saturated rings. The zero-order valence-electron chi connectivity index (χ0n) is 16.3. The van der Waals surface area contributed by atoms with Crippen molar-refractivity contribution in [1.29, 1.82) is 0 Å². The molecule has 146 valence electrons. The van der Waals surface area contributed by atoms with Crippen LogP contribution in [0, 0.1) is 0 Å². The van der Waals surface area contributed by atoms with Crippen molar-refractivity contribution in [3.8, 4) is 11.5 Å². The first-order valence-corrected chi connectivity index (χ1v) is 9.08. The molecule has 0 unspecified atom stereocenters. The highest BCUT2D eigenvalue weighted by atomic mass is 16.5. The van der Waals surface area contributed by atoms with Crippen LogP contribution < -0.4 is 4.74 Å². The summed E-state index contributed by atoms with van der Waals surface area (Å²) in [6.45, 7) is 2.48. The number of rotatable bonds is 5. The molecule has 27 heavy (non-hydrogen) atoms. The molecule has 0 saturated carbocycles. The van der Waals surface area contributed by atoms with E-state index in [1.807, 2.05) is 24.3 Å². The van der Waals surface area contributed by atoms with Gasteiger partial charge in [0.25, 0.3) is 0 Å². The molecule has 1 aromatic rings. The summed E-state index contributed by atoms with van der Waals surface area (Å²) < 4.78 is 15.8. The lowest BCUT2D eigenvalue weighted by Crippen LogP contribution is -2.53. The van der Waals surface area contributed by atoms with E-state index in [1.54, 1.807) is 20.5 Å². The van der Waals surface area contributed by atoms with E-state index in [9.17, 15) is 9.90 Å². The molecule has 2 bridgehead atoms. The number of fused-ring (bicyclic) bond motifs is 4. The third-order valence-corrected chi connectivity index (χ3v) is 5.65. The van der Waals surface area contributed by atoms with Crippen molar-refractivity contribution < 1.29 is 24.1 Å². The van der Waals surface area contributed by atoms with Crippen LogP contribution >= 0.6 is 0 Å². The SMILES string of the molecule is CO/C=C/[C@@]12CCN(C)[C@@H](Cc3ccc(OC)c(O)c31)/C2=C/COC(C)=O. The first kappa shape index (κ1) is 19.3. The van der Waals surface area contributed by atoms with E-state index < -0.39 is 5.41 Å². The number of piperidine rings is 1. The van der Waals surface area contributed by atoms with E-state index in [1.165, 1.54) is 6.92 Å². The summed E-state index contributed by atoms with van der Waals surface area (Å²) in [5, 5.41) is 11.0. The quantitative estimate of drug-likeness (QED) is 0.486. The van der Waals surface area contributed by atoms with Crippen LogP contribution in [0.25, 0.3) is 0 Å². The van der Waals surface area contributed by atoms with Gasteiger partial charge in [0.05, 0.1) is 20.5 Å². The molecule has 1 heterocycles. The van der Waals surface area contributed by atoms with Gasteiger partial charge in [0.15, 0.2) is 11.5 Å². The highest BCUT2D eigenvalue weighted by molar-refractivity contribution is 5.66. The van der Waals surface area contributed by atoms with Crippen LogP contribution in [0.3, 0.4) is 0 Å². The molecule has 1 aliphatic heterocycles. The second kappa shape index (κ2) is 7.64. The number of hydrogen-bond acceptors (Lipinski definition) is 6. The third-order valence-electron chi connectivity index (χ3n) is 5.65. The summed E-state index contributed by atoms with van der Waals surface area (Å²) in [5.41, 5.74) is 2.53. The van der Waals surface area contributed by atoms with Gasteiger partial charge < -0.3 is 19.3 Å². The molecule has 6 nitrogen and oxygen atoms in total. The van der Waals surface area contributed by atoms with Crippen LogP contribution in [0.5, 0.6) is 11.5 Å². The lowest BCUT2D eigenvalue weighted by atomic mass is 9.60. The molecule has 1 aliphatic carbocycles. The van der Waals surface area contributed by atoms with Crippen LogP contribution in [0.4, 0.5) is 0 Å². The van der Waals surface area contributed by atoms with Gasteiger partial charge in [0.1, 0.15) is 6.61 Å². The Morgan fingerprint density at radius 2 is 2.19 bits per heavy atom. The second-order valence-corrected chi connectivity index (χ2v) is 7.07. The number of aromatic hydroxyl groups is 1. The molecule has 1 saturated heterocycles. The first-order valence-electron chi connectivity index (χ1n) is 9.08. The van der Waals surface area contributed by atoms with Crippen LogP contribution in [-0.2, 0) is 26.1 Å². The Bertz CT molecular complexity index is 785. The number of likely N-dealkylation sites (tertiary alicyclic amines) is 1. The summed E-state index contributed by atoms with van der Waals surface area (Å²) in [4.78, 5) is 13.5. The second-order valence-electron chi connectivity index (χ2n) is 7.07. The molecule has 1 aromatic carbocycles. The van der Waals surface area contributed by atoms with Gasteiger partial charge in [-0.2, -0.15) is 0 Å². The number of methoxy groups -OCH3 is 2. The van der Waals surface area contributed by atoms with Crippen LogP contribution in [0.15, 0.2) is 36.1 Å². The summed E-state index contributed by atoms with van der Waals surface area (Å²) in [7, 11) is 5.26. The summed E-state index contributed by atoms with van der Waals surface area (Å²) in [6.07, 6.45) is 7.20. The van der Waals surface area contributed by atoms with E-state index in [2.05, 4.69) is 11.9 Å². The molecule has 2 aliphatic rings. The minimum Gasteiger partial charge on any atom is -0.505 e. The van der Waals surface area contributed by atoms with Gasteiger partial charge in [-0.1, -0.05) is 6.07 Å². The average Bonchev–Trinajstić information content (AvgIpc) is 2.64. The van der Waals surface area contributed by atoms with Crippen molar-refractivity contribution in [2.75, 3.05) is 34.4 Å². The number of allylic oxidation sites excluding steroid dienone is 1. The molecule has 0 spiro atoms. The predicted molar refractivity (Wildman–Crippen MR) is 102 cm³/mol. The topological polar surface area (TPSA) is 68.2 Å². The number of likely N-dealkylation sites (N-methyl/N-ethyl adjacent to an activating group) is 1. The molecule has 6 heteroatoms. The average molecular weight is 373 g/mol. The largest absolute Gasteiger partial charge is 0.505 e. The first-order chi connectivity index (χ1) is 12.9. The summed E-state index contributed by atoms with van der Waals surface area (Å²) >= 11 is 0. The Labute approximate surface area is 160 Å². The maximum Gasteiger partial charge on any atom is 0.302 e. The highest BCUT2D eigenvalue weighted by Crippen LogP contribution is 2.54. The standard InChI is InChI=1S/C21H27NO5/c1-14(23)27-11-7-16-17-13-15-5-6-18(26-4)20(24)19(15)21(16,9-12-25-3)8-10-22(17)2/h5-7,9,12,17,24H,8,10-11,13H2,1-4H3/b12-9+,16-7-/t17-,21+/m0/s1. The van der Waals surface area contributed by atoms with Crippen molar-refractivity contribution in [3.05, 3.63) is 47.2 Å². The smallest absolute Gasteiger partial charge is 0.302 e. The fraction of sp³-hybridized carbons (Fsp3) is 0.476. The van der Waals surface area contributed by atoms with Crippen LogP contribution in [0.1, 0.15) is 24.5 Å². The van der Waals surface area contributed by atoms with Crippen molar-refractivity contribution in [1.82, 2.24) is 4.90 Å². The summed E-state index contributed by atoms with van der Waals surface area (Å²) in [6, 6.07) is 4.00. The van der Waals surface area contributed by atoms with Gasteiger partial charge in [-0.05, 0) is 55.8 Å². The Morgan fingerprint density at radius 1 is 1.41 bits per heavy atom. The maximum absolute atomic E-state index is 11.2. The Hall–Kier alpha value is -2.47. The Kier molecular flexibility index (Phi) is 5.46. The summed E-state index contributed by atoms with van der Waals surface area (Å²) in [5.74, 6) is 0.306. The van der Waals surface area contributed by atoms with Crippen molar-refractivity contribution in [2.24, 2.45) is 0 Å². The number of phenolic OH excluding ortho intramolecular Hbond substituents is 1. The van der Waals surface area contributed by atoms with Gasteiger partial charge in [-0.25, -0.2) is 0 Å². The molecule has 3 rings (SSSR count). The molecule has 2 atom stereocenters. The fourth-order valence-electron chi connectivity index (χ4n) is 4.39. The van der Waals surface area contributed by atoms with Crippen molar-refractivity contribution in [2.45, 2.75) is 31.2 Å². The number of carbonyl (C=O) groups excluding carboxylic acids is 1. The maximum atomic E-state index is 11.2. The lowest BCUT2D eigenvalue weighted by Gasteiger charge is -2.51. The zero-order valence-corrected chi connectivity index (χ0v) is 16.3.